The average molecular weight is 255 g/mol. The second kappa shape index (κ2) is 4.78. The van der Waals surface area contributed by atoms with Crippen LogP contribution in [0.4, 0.5) is 11.4 Å². The minimum absolute atomic E-state index is 0.732. The average Bonchev–Trinajstić information content (AvgIpc) is 2.43. The van der Waals surface area contributed by atoms with Crippen LogP contribution in [-0.2, 0) is 6.42 Å². The Kier molecular flexibility index (Phi) is 2.99. The van der Waals surface area contributed by atoms with E-state index in [2.05, 4.69) is 41.7 Å². The number of fused-ring (bicyclic) bond motifs is 2. The SMILES string of the molecule is OC=CCc1cccc2c1Nc1ccccc1S2. The number of benzene rings is 2. The first kappa shape index (κ1) is 11.2. The monoisotopic (exact) mass is 255 g/mol. The summed E-state index contributed by atoms with van der Waals surface area (Å²) < 4.78 is 0. The molecule has 1 heterocycles. The molecule has 2 aromatic rings. The Morgan fingerprint density at radius 3 is 2.78 bits per heavy atom. The van der Waals surface area contributed by atoms with E-state index in [1.54, 1.807) is 17.8 Å². The van der Waals surface area contributed by atoms with Crippen LogP contribution in [0.25, 0.3) is 0 Å². The van der Waals surface area contributed by atoms with Crippen molar-refractivity contribution in [3.8, 4) is 0 Å². The number of nitrogens with one attached hydrogen (secondary N) is 1. The lowest BCUT2D eigenvalue weighted by atomic mass is 10.1. The highest BCUT2D eigenvalue weighted by atomic mass is 32.2. The molecule has 18 heavy (non-hydrogen) atoms. The fraction of sp³-hybridized carbons (Fsp3) is 0.0667. The highest BCUT2D eigenvalue weighted by Crippen LogP contribution is 2.45. The second-order valence-corrected chi connectivity index (χ2v) is 5.19. The van der Waals surface area contributed by atoms with E-state index < -0.39 is 0 Å². The van der Waals surface area contributed by atoms with E-state index in [1.165, 1.54) is 15.4 Å². The zero-order chi connectivity index (χ0) is 12.4. The lowest BCUT2D eigenvalue weighted by Crippen LogP contribution is -2.02. The number of rotatable bonds is 2. The van der Waals surface area contributed by atoms with Gasteiger partial charge in [-0.2, -0.15) is 0 Å². The summed E-state index contributed by atoms with van der Waals surface area (Å²) in [6, 6.07) is 14.6. The van der Waals surface area contributed by atoms with Crippen LogP contribution in [0.3, 0.4) is 0 Å². The van der Waals surface area contributed by atoms with Gasteiger partial charge < -0.3 is 10.4 Å². The summed E-state index contributed by atoms with van der Waals surface area (Å²) >= 11 is 1.78. The maximum Gasteiger partial charge on any atom is 0.0755 e. The molecule has 0 atom stereocenters. The molecular weight excluding hydrogens is 242 g/mol. The van der Waals surface area contributed by atoms with Crippen LogP contribution < -0.4 is 5.32 Å². The van der Waals surface area contributed by atoms with Crippen LogP contribution in [0.5, 0.6) is 0 Å². The quantitative estimate of drug-likeness (QED) is 0.661. The van der Waals surface area contributed by atoms with Gasteiger partial charge in [-0.05, 0) is 36.3 Å². The third kappa shape index (κ3) is 1.97. The summed E-state index contributed by atoms with van der Waals surface area (Å²) in [5.41, 5.74) is 3.49. The van der Waals surface area contributed by atoms with E-state index in [9.17, 15) is 0 Å². The van der Waals surface area contributed by atoms with Gasteiger partial charge in [-0.3, -0.25) is 0 Å². The third-order valence-corrected chi connectivity index (χ3v) is 4.06. The van der Waals surface area contributed by atoms with Crippen LogP contribution in [0.2, 0.25) is 0 Å². The zero-order valence-corrected chi connectivity index (χ0v) is 10.6. The first-order valence-electron chi connectivity index (χ1n) is 5.83. The van der Waals surface area contributed by atoms with Gasteiger partial charge in [0.1, 0.15) is 0 Å². The second-order valence-electron chi connectivity index (χ2n) is 4.10. The molecule has 90 valence electrons. The van der Waals surface area contributed by atoms with Crippen molar-refractivity contribution in [2.24, 2.45) is 0 Å². The lowest BCUT2D eigenvalue weighted by Gasteiger charge is -2.22. The smallest absolute Gasteiger partial charge is 0.0755 e. The van der Waals surface area contributed by atoms with E-state index in [4.69, 9.17) is 5.11 Å². The summed E-state index contributed by atoms with van der Waals surface area (Å²) in [6.45, 7) is 0. The van der Waals surface area contributed by atoms with Crippen LogP contribution in [0, 0.1) is 0 Å². The summed E-state index contributed by atoms with van der Waals surface area (Å²) in [4.78, 5) is 2.48. The molecule has 2 N–H and O–H groups in total. The third-order valence-electron chi connectivity index (χ3n) is 2.92. The Morgan fingerprint density at radius 2 is 1.89 bits per heavy atom. The van der Waals surface area contributed by atoms with Crippen molar-refractivity contribution < 1.29 is 5.11 Å². The van der Waals surface area contributed by atoms with Crippen molar-refractivity contribution in [3.63, 3.8) is 0 Å². The highest BCUT2D eigenvalue weighted by Gasteiger charge is 2.16. The van der Waals surface area contributed by atoms with Gasteiger partial charge in [0.05, 0.1) is 17.6 Å². The number of aliphatic hydroxyl groups excluding tert-OH is 1. The van der Waals surface area contributed by atoms with Crippen molar-refractivity contribution in [2.75, 3.05) is 5.32 Å². The fourth-order valence-electron chi connectivity index (χ4n) is 2.07. The van der Waals surface area contributed by atoms with E-state index in [1.807, 2.05) is 6.07 Å². The summed E-state index contributed by atoms with van der Waals surface area (Å²) in [5.74, 6) is 0. The molecule has 0 fully saturated rings. The molecule has 3 rings (SSSR count). The molecule has 0 radical (unpaired) electrons. The van der Waals surface area contributed by atoms with Crippen LogP contribution in [-0.4, -0.2) is 5.11 Å². The molecule has 0 bridgehead atoms. The van der Waals surface area contributed by atoms with E-state index in [0.717, 1.165) is 24.1 Å². The van der Waals surface area contributed by atoms with Gasteiger partial charge in [-0.25, -0.2) is 0 Å². The predicted octanol–water partition coefficient (Wildman–Crippen LogP) is 4.51. The number of allylic oxidation sites excluding steroid dienone is 1. The molecule has 0 saturated heterocycles. The molecule has 3 heteroatoms. The lowest BCUT2D eigenvalue weighted by molar-refractivity contribution is 0.471. The van der Waals surface area contributed by atoms with Gasteiger partial charge >= 0.3 is 0 Å². The molecule has 0 aromatic heterocycles. The molecule has 1 aliphatic heterocycles. The summed E-state index contributed by atoms with van der Waals surface area (Å²) in [5, 5.41) is 12.3. The van der Waals surface area contributed by atoms with Gasteiger partial charge in [0.15, 0.2) is 0 Å². The van der Waals surface area contributed by atoms with Gasteiger partial charge in [-0.1, -0.05) is 36.0 Å². The maximum atomic E-state index is 8.78. The molecule has 2 aromatic carbocycles. The first-order chi connectivity index (χ1) is 8.88. The maximum absolute atomic E-state index is 8.78. The van der Waals surface area contributed by atoms with E-state index in [-0.39, 0.29) is 0 Å². The van der Waals surface area contributed by atoms with Crippen LogP contribution in [0.15, 0.2) is 64.6 Å². The summed E-state index contributed by atoms with van der Waals surface area (Å²) in [7, 11) is 0. The van der Waals surface area contributed by atoms with Gasteiger partial charge in [-0.15, -0.1) is 0 Å². The highest BCUT2D eigenvalue weighted by molar-refractivity contribution is 7.99. The minimum atomic E-state index is 0.732. The molecule has 0 saturated carbocycles. The van der Waals surface area contributed by atoms with E-state index >= 15 is 0 Å². The van der Waals surface area contributed by atoms with Crippen molar-refractivity contribution in [1.82, 2.24) is 0 Å². The molecule has 2 nitrogen and oxygen atoms in total. The van der Waals surface area contributed by atoms with Crippen LogP contribution >= 0.6 is 11.8 Å². The molecule has 0 unspecified atom stereocenters. The zero-order valence-electron chi connectivity index (χ0n) is 9.76. The van der Waals surface area contributed by atoms with Crippen molar-refractivity contribution >= 4 is 23.1 Å². The molecule has 1 aliphatic rings. The Hall–Kier alpha value is -1.87. The normalized spacial score (nSPS) is 12.9. The first-order valence-corrected chi connectivity index (χ1v) is 6.65. The van der Waals surface area contributed by atoms with Crippen molar-refractivity contribution in [1.29, 1.82) is 0 Å². The number of hydrogen-bond acceptors (Lipinski definition) is 3. The number of anilines is 2. The van der Waals surface area contributed by atoms with Crippen molar-refractivity contribution in [2.45, 2.75) is 16.2 Å². The van der Waals surface area contributed by atoms with Crippen LogP contribution in [0.1, 0.15) is 5.56 Å². The van der Waals surface area contributed by atoms with Gasteiger partial charge in [0, 0.05) is 9.79 Å². The van der Waals surface area contributed by atoms with Gasteiger partial charge in [0.2, 0.25) is 0 Å². The standard InChI is InChI=1S/C15H13NOS/c17-10-4-6-11-5-3-9-14-15(11)16-12-7-1-2-8-13(12)18-14/h1-5,7-10,16-17H,6H2. The minimum Gasteiger partial charge on any atom is -0.516 e. The Bertz CT molecular complexity index is 607. The largest absolute Gasteiger partial charge is 0.516 e. The Morgan fingerprint density at radius 1 is 1.06 bits per heavy atom. The fourth-order valence-corrected chi connectivity index (χ4v) is 3.11. The van der Waals surface area contributed by atoms with Crippen molar-refractivity contribution in [3.05, 3.63) is 60.4 Å². The van der Waals surface area contributed by atoms with Gasteiger partial charge in [0.25, 0.3) is 0 Å². The topological polar surface area (TPSA) is 32.3 Å². The number of para-hydroxylation sites is 2. The molecular formula is C15H13NOS. The number of hydrogen-bond donors (Lipinski definition) is 2. The summed E-state index contributed by atoms with van der Waals surface area (Å²) in [6.07, 6.45) is 3.58. The number of aliphatic hydroxyl groups is 1. The van der Waals surface area contributed by atoms with E-state index in [0.29, 0.717) is 0 Å². The molecule has 0 amide bonds. The molecule has 0 spiro atoms. The predicted molar refractivity (Wildman–Crippen MR) is 75.8 cm³/mol. The molecule has 0 aliphatic carbocycles. The Balaban J connectivity index is 2.02. The Labute approximate surface area is 110 Å².